The van der Waals surface area contributed by atoms with Crippen LogP contribution in [0.4, 0.5) is 0 Å². The van der Waals surface area contributed by atoms with Gasteiger partial charge in [-0.05, 0) is 81.8 Å². The molecule has 40 heavy (non-hydrogen) atoms. The van der Waals surface area contributed by atoms with Gasteiger partial charge in [0.15, 0.2) is 0 Å². The number of hydrogen-bond donors (Lipinski definition) is 1. The molecule has 1 aliphatic rings. The second-order valence-corrected chi connectivity index (χ2v) is 15.0. The van der Waals surface area contributed by atoms with E-state index in [0.29, 0.717) is 11.5 Å². The Balaban J connectivity index is 1.59. The van der Waals surface area contributed by atoms with Crippen LogP contribution in [0.5, 0.6) is 5.75 Å². The van der Waals surface area contributed by atoms with Crippen molar-refractivity contribution in [2.24, 2.45) is 0 Å². The third-order valence-electron chi connectivity index (χ3n) is 8.57. The number of fused-ring (bicyclic) bond motifs is 2. The fourth-order valence-corrected chi connectivity index (χ4v) is 6.92. The van der Waals surface area contributed by atoms with Crippen molar-refractivity contribution in [2.45, 2.75) is 83.3 Å². The zero-order valence-corrected chi connectivity index (χ0v) is 25.9. The first-order valence-electron chi connectivity index (χ1n) is 14.6. The van der Waals surface area contributed by atoms with E-state index in [2.05, 4.69) is 67.3 Å². The van der Waals surface area contributed by atoms with Crippen molar-refractivity contribution >= 4 is 36.8 Å². The number of methoxy groups -OCH3 is 2. The molecule has 2 heterocycles. The van der Waals surface area contributed by atoms with Gasteiger partial charge in [-0.25, -0.2) is 9.22 Å². The van der Waals surface area contributed by atoms with E-state index in [9.17, 15) is 4.79 Å². The second-order valence-electron chi connectivity index (χ2n) is 12.1. The molecule has 5 rings (SSSR count). The lowest BCUT2D eigenvalue weighted by atomic mass is 9.81. The predicted octanol–water partition coefficient (Wildman–Crippen LogP) is 8.46. The Morgan fingerprint density at radius 1 is 1.05 bits per heavy atom. The number of nitrogens with one attached hydrogen (secondary N) is 1. The van der Waals surface area contributed by atoms with E-state index in [0.717, 1.165) is 41.9 Å². The number of esters is 1. The summed E-state index contributed by atoms with van der Waals surface area (Å²) in [6.45, 7) is 10.7. The van der Waals surface area contributed by atoms with Crippen LogP contribution in [0.1, 0.15) is 81.1 Å². The quantitative estimate of drug-likeness (QED) is 0.127. The highest BCUT2D eigenvalue weighted by Crippen LogP contribution is 2.45. The van der Waals surface area contributed by atoms with Crippen LogP contribution in [0, 0.1) is 0 Å². The lowest BCUT2D eigenvalue weighted by Crippen LogP contribution is -2.26. The molecule has 0 bridgehead atoms. The van der Waals surface area contributed by atoms with Gasteiger partial charge in [-0.15, -0.1) is 0 Å². The summed E-state index contributed by atoms with van der Waals surface area (Å²) in [6, 6.07) is 12.4. The summed E-state index contributed by atoms with van der Waals surface area (Å²) < 4.78 is 19.4. The molecule has 7 heteroatoms. The largest absolute Gasteiger partial charge is 0.496 e. The number of aromatic nitrogens is 2. The van der Waals surface area contributed by atoms with Gasteiger partial charge >= 0.3 is 15.0 Å². The minimum atomic E-state index is -0.860. The molecule has 0 radical (unpaired) electrons. The highest BCUT2D eigenvalue weighted by atomic mass is 28.3. The summed E-state index contributed by atoms with van der Waals surface area (Å²) in [5.41, 5.74) is 6.42. The number of carbonyl (C=O) groups excluding carboxylic acids is 1. The van der Waals surface area contributed by atoms with Gasteiger partial charge in [-0.2, -0.15) is 0 Å². The van der Waals surface area contributed by atoms with Crippen LogP contribution in [0.2, 0.25) is 11.6 Å². The molecule has 0 unspecified atom stereocenters. The molecule has 0 amide bonds. The Hall–Kier alpha value is -3.03. The normalized spacial score (nSPS) is 14.7. The maximum absolute atomic E-state index is 12.3. The molecule has 212 valence electrons. The first kappa shape index (κ1) is 28.5. The average Bonchev–Trinajstić information content (AvgIpc) is 3.56. The molecule has 1 N–H and O–H groups in total. The van der Waals surface area contributed by atoms with Crippen molar-refractivity contribution in [1.82, 2.24) is 9.55 Å². The average molecular weight is 560 g/mol. The first-order chi connectivity index (χ1) is 19.2. The van der Waals surface area contributed by atoms with Crippen LogP contribution in [0.15, 0.2) is 42.6 Å². The SMILES string of the molecule is COC(=O)c1ccc2c(C3CCCCC3)c(-c3ccc(OC)c4ccn(CCCO[Si+](C)C(C)(C)C)c34)[nH]c2c1. The van der Waals surface area contributed by atoms with Crippen LogP contribution >= 0.6 is 0 Å². The molecule has 0 atom stereocenters. The van der Waals surface area contributed by atoms with Gasteiger partial charge in [0.25, 0.3) is 0 Å². The molecule has 1 saturated carbocycles. The maximum atomic E-state index is 12.3. The molecule has 0 spiro atoms. The van der Waals surface area contributed by atoms with Gasteiger partial charge in [-0.3, -0.25) is 0 Å². The molecule has 0 saturated heterocycles. The molecule has 0 aliphatic heterocycles. The van der Waals surface area contributed by atoms with Crippen molar-refractivity contribution in [2.75, 3.05) is 20.8 Å². The Bertz CT molecular complexity index is 1490. The van der Waals surface area contributed by atoms with E-state index in [-0.39, 0.29) is 11.0 Å². The molecule has 2 aromatic carbocycles. The van der Waals surface area contributed by atoms with Crippen LogP contribution in [-0.2, 0) is 15.7 Å². The lowest BCUT2D eigenvalue weighted by molar-refractivity contribution is 0.0601. The van der Waals surface area contributed by atoms with E-state index in [1.807, 2.05) is 12.1 Å². The van der Waals surface area contributed by atoms with Crippen molar-refractivity contribution in [3.63, 3.8) is 0 Å². The van der Waals surface area contributed by atoms with Crippen LogP contribution in [-0.4, -0.2) is 45.4 Å². The first-order valence-corrected chi connectivity index (χ1v) is 16.5. The number of hydrogen-bond acceptors (Lipinski definition) is 4. The summed E-state index contributed by atoms with van der Waals surface area (Å²) in [7, 11) is 2.31. The van der Waals surface area contributed by atoms with Crippen molar-refractivity contribution in [1.29, 1.82) is 0 Å². The molecular weight excluding hydrogens is 516 g/mol. The minimum Gasteiger partial charge on any atom is -0.496 e. The fraction of sp³-hybridized carbons (Fsp3) is 0.485. The summed E-state index contributed by atoms with van der Waals surface area (Å²) in [4.78, 5) is 16.1. The monoisotopic (exact) mass is 559 g/mol. The molecule has 4 aromatic rings. The van der Waals surface area contributed by atoms with Crippen molar-refractivity contribution < 1.29 is 18.7 Å². The topological polar surface area (TPSA) is 65.5 Å². The van der Waals surface area contributed by atoms with Crippen molar-refractivity contribution in [3.8, 4) is 17.0 Å². The highest BCUT2D eigenvalue weighted by molar-refractivity contribution is 6.53. The van der Waals surface area contributed by atoms with Crippen LogP contribution in [0.3, 0.4) is 0 Å². The van der Waals surface area contributed by atoms with E-state index >= 15 is 0 Å². The standard InChI is InChI=1S/C33H42N2O4Si/c1-33(2,3)40(6)39-20-10-18-35-19-17-25-28(37-4)16-15-26(31(25)35)30-29(22-11-8-7-9-12-22)24-14-13-23(32(36)38-5)21-27(24)34-30/h13-17,19,21-22H,7-12,18,20H2,1-6H3/p+1. The predicted molar refractivity (Wildman–Crippen MR) is 165 cm³/mol. The number of benzene rings is 2. The number of H-pyrrole nitrogens is 1. The van der Waals surface area contributed by atoms with E-state index in [4.69, 9.17) is 13.9 Å². The Morgan fingerprint density at radius 2 is 1.82 bits per heavy atom. The van der Waals surface area contributed by atoms with Gasteiger partial charge in [0.1, 0.15) is 10.8 Å². The van der Waals surface area contributed by atoms with E-state index in [1.54, 1.807) is 7.11 Å². The Kier molecular flexibility index (Phi) is 8.43. The highest BCUT2D eigenvalue weighted by Gasteiger charge is 2.38. The summed E-state index contributed by atoms with van der Waals surface area (Å²) in [6.07, 6.45) is 9.30. The van der Waals surface area contributed by atoms with Crippen LogP contribution in [0.25, 0.3) is 33.1 Å². The molecule has 2 aromatic heterocycles. The van der Waals surface area contributed by atoms with Gasteiger partial charge in [-0.1, -0.05) is 25.3 Å². The van der Waals surface area contributed by atoms with Crippen LogP contribution < -0.4 is 4.74 Å². The third kappa shape index (κ3) is 5.59. The Labute approximate surface area is 239 Å². The third-order valence-corrected chi connectivity index (χ3v) is 11.3. The zero-order chi connectivity index (χ0) is 28.4. The molecule has 1 fully saturated rings. The van der Waals surface area contributed by atoms with Crippen molar-refractivity contribution in [3.05, 3.63) is 53.7 Å². The van der Waals surface area contributed by atoms with Gasteiger partial charge in [0.05, 0.1) is 44.1 Å². The number of carbonyl (C=O) groups is 1. The summed E-state index contributed by atoms with van der Waals surface area (Å²) in [5, 5.41) is 2.54. The molecule has 6 nitrogen and oxygen atoms in total. The van der Waals surface area contributed by atoms with Gasteiger partial charge < -0.3 is 19.0 Å². The number of ether oxygens (including phenoxy) is 2. The molecule has 1 aliphatic carbocycles. The second kappa shape index (κ2) is 11.8. The van der Waals surface area contributed by atoms with Gasteiger partial charge in [0.2, 0.25) is 0 Å². The summed E-state index contributed by atoms with van der Waals surface area (Å²) >= 11 is 0. The fourth-order valence-electron chi connectivity index (χ4n) is 6.03. The lowest BCUT2D eigenvalue weighted by Gasteiger charge is -2.23. The zero-order valence-electron chi connectivity index (χ0n) is 24.9. The number of aromatic amines is 1. The molecular formula is C33H43N2O4Si+. The minimum absolute atomic E-state index is 0.226. The van der Waals surface area contributed by atoms with E-state index in [1.165, 1.54) is 61.2 Å². The number of aryl methyl sites for hydroxylation is 1. The smallest absolute Gasteiger partial charge is 0.475 e. The Morgan fingerprint density at radius 3 is 2.52 bits per heavy atom. The maximum Gasteiger partial charge on any atom is 0.475 e. The van der Waals surface area contributed by atoms with Gasteiger partial charge in [0, 0.05) is 34.6 Å². The number of nitrogens with zero attached hydrogens (tertiary/aromatic N) is 1. The number of rotatable bonds is 9. The summed E-state index contributed by atoms with van der Waals surface area (Å²) in [5.74, 6) is 1.05. The van der Waals surface area contributed by atoms with E-state index < -0.39 is 9.04 Å².